The van der Waals surface area contributed by atoms with E-state index < -0.39 is 5.60 Å². The van der Waals surface area contributed by atoms with Crippen LogP contribution in [-0.2, 0) is 4.74 Å². The van der Waals surface area contributed by atoms with Crippen LogP contribution in [0.25, 0.3) is 0 Å². The van der Waals surface area contributed by atoms with E-state index in [2.05, 4.69) is 20.6 Å². The van der Waals surface area contributed by atoms with E-state index in [1.807, 2.05) is 20.8 Å². The molecule has 1 amide bonds. The first kappa shape index (κ1) is 15.5. The van der Waals surface area contributed by atoms with E-state index in [4.69, 9.17) is 4.74 Å². The molecule has 1 aromatic rings. The summed E-state index contributed by atoms with van der Waals surface area (Å²) in [5.74, 6) is 0. The van der Waals surface area contributed by atoms with Crippen molar-refractivity contribution in [3.8, 4) is 0 Å². The number of alkyl carbamates (subject to hydrolysis) is 1. The van der Waals surface area contributed by atoms with Gasteiger partial charge in [-0.1, -0.05) is 0 Å². The number of nitrogens with one attached hydrogen (secondary N) is 2. The summed E-state index contributed by atoms with van der Waals surface area (Å²) < 4.78 is 5.30. The largest absolute Gasteiger partial charge is 0.444 e. The van der Waals surface area contributed by atoms with Crippen LogP contribution in [0.15, 0.2) is 18.7 Å². The van der Waals surface area contributed by atoms with Crippen molar-refractivity contribution in [1.82, 2.24) is 15.3 Å². The molecule has 0 spiro atoms. The zero-order valence-electron chi connectivity index (χ0n) is 12.9. The van der Waals surface area contributed by atoms with Gasteiger partial charge in [0.15, 0.2) is 0 Å². The number of nitrogens with zero attached hydrogens (tertiary/aromatic N) is 2. The fourth-order valence-corrected chi connectivity index (χ4v) is 2.54. The summed E-state index contributed by atoms with van der Waals surface area (Å²) in [6.07, 6.45) is 8.73. The number of aromatic nitrogens is 2. The zero-order valence-corrected chi connectivity index (χ0v) is 12.9. The Balaban J connectivity index is 1.82. The van der Waals surface area contributed by atoms with Crippen molar-refractivity contribution in [3.05, 3.63) is 18.7 Å². The van der Waals surface area contributed by atoms with Gasteiger partial charge in [0.2, 0.25) is 0 Å². The number of carbonyl (C=O) groups is 1. The minimum absolute atomic E-state index is 0.149. The van der Waals surface area contributed by atoms with Crippen molar-refractivity contribution in [2.45, 2.75) is 64.1 Å². The van der Waals surface area contributed by atoms with Gasteiger partial charge >= 0.3 is 6.09 Å². The third-order valence-electron chi connectivity index (χ3n) is 3.33. The predicted octanol–water partition coefficient (Wildman–Crippen LogP) is 2.72. The highest BCUT2D eigenvalue weighted by atomic mass is 16.6. The average molecular weight is 292 g/mol. The van der Waals surface area contributed by atoms with Crippen molar-refractivity contribution < 1.29 is 9.53 Å². The molecule has 0 aliphatic heterocycles. The molecule has 1 aliphatic carbocycles. The maximum Gasteiger partial charge on any atom is 0.407 e. The van der Waals surface area contributed by atoms with Crippen LogP contribution in [0.4, 0.5) is 10.5 Å². The molecule has 0 saturated heterocycles. The summed E-state index contributed by atoms with van der Waals surface area (Å²) in [4.78, 5) is 19.8. The van der Waals surface area contributed by atoms with E-state index in [0.29, 0.717) is 6.04 Å². The van der Waals surface area contributed by atoms with Gasteiger partial charge in [-0.25, -0.2) is 14.8 Å². The molecule has 1 fully saturated rings. The van der Waals surface area contributed by atoms with Crippen LogP contribution in [0, 0.1) is 0 Å². The molecule has 6 nitrogen and oxygen atoms in total. The fraction of sp³-hybridized carbons (Fsp3) is 0.667. The van der Waals surface area contributed by atoms with Crippen LogP contribution in [0.5, 0.6) is 0 Å². The van der Waals surface area contributed by atoms with E-state index in [1.54, 1.807) is 12.4 Å². The summed E-state index contributed by atoms with van der Waals surface area (Å²) in [5.41, 5.74) is 0.457. The van der Waals surface area contributed by atoms with Gasteiger partial charge in [-0.3, -0.25) is 0 Å². The van der Waals surface area contributed by atoms with Gasteiger partial charge in [-0.05, 0) is 46.5 Å². The van der Waals surface area contributed by atoms with E-state index in [-0.39, 0.29) is 12.1 Å². The van der Waals surface area contributed by atoms with E-state index in [0.717, 1.165) is 31.4 Å². The van der Waals surface area contributed by atoms with Crippen molar-refractivity contribution in [1.29, 1.82) is 0 Å². The topological polar surface area (TPSA) is 76.1 Å². The second-order valence-corrected chi connectivity index (χ2v) is 6.48. The first-order valence-electron chi connectivity index (χ1n) is 7.43. The standard InChI is InChI=1S/C15H24N4O2/c1-15(2,3)21-14(20)19-12-6-4-5-11(7-12)18-13-8-16-10-17-9-13/h8-12,18H,4-7H2,1-3H3,(H,19,20). The monoisotopic (exact) mass is 292 g/mol. The van der Waals surface area contributed by atoms with Crippen LogP contribution in [0.1, 0.15) is 46.5 Å². The van der Waals surface area contributed by atoms with E-state index >= 15 is 0 Å². The van der Waals surface area contributed by atoms with Gasteiger partial charge in [-0.2, -0.15) is 0 Å². The lowest BCUT2D eigenvalue weighted by Gasteiger charge is -2.31. The van der Waals surface area contributed by atoms with Crippen LogP contribution in [-0.4, -0.2) is 33.7 Å². The molecule has 21 heavy (non-hydrogen) atoms. The minimum Gasteiger partial charge on any atom is -0.444 e. The highest BCUT2D eigenvalue weighted by molar-refractivity contribution is 5.68. The molecule has 0 aromatic carbocycles. The number of rotatable bonds is 3. The maximum atomic E-state index is 11.8. The van der Waals surface area contributed by atoms with Crippen molar-refractivity contribution in [2.75, 3.05) is 5.32 Å². The van der Waals surface area contributed by atoms with Gasteiger partial charge in [0, 0.05) is 12.1 Å². The SMILES string of the molecule is CC(C)(C)OC(=O)NC1CCCC(Nc2cncnc2)C1. The molecular formula is C15H24N4O2. The van der Waals surface area contributed by atoms with E-state index in [1.165, 1.54) is 6.33 Å². The molecule has 0 radical (unpaired) electrons. The first-order valence-corrected chi connectivity index (χ1v) is 7.43. The van der Waals surface area contributed by atoms with Crippen LogP contribution >= 0.6 is 0 Å². The molecule has 1 saturated carbocycles. The van der Waals surface area contributed by atoms with Gasteiger partial charge in [0.25, 0.3) is 0 Å². The van der Waals surface area contributed by atoms with Crippen LogP contribution in [0.3, 0.4) is 0 Å². The first-order chi connectivity index (χ1) is 9.92. The second kappa shape index (κ2) is 6.74. The van der Waals surface area contributed by atoms with Gasteiger partial charge in [-0.15, -0.1) is 0 Å². The minimum atomic E-state index is -0.461. The zero-order chi connectivity index (χ0) is 15.3. The highest BCUT2D eigenvalue weighted by Gasteiger charge is 2.25. The Bertz CT molecular complexity index is 458. The summed E-state index contributed by atoms with van der Waals surface area (Å²) in [5, 5.41) is 6.37. The quantitative estimate of drug-likeness (QED) is 0.896. The van der Waals surface area contributed by atoms with Gasteiger partial charge in [0.1, 0.15) is 11.9 Å². The highest BCUT2D eigenvalue weighted by Crippen LogP contribution is 2.22. The molecule has 6 heteroatoms. The smallest absolute Gasteiger partial charge is 0.407 e. The van der Waals surface area contributed by atoms with Crippen molar-refractivity contribution in [2.24, 2.45) is 0 Å². The van der Waals surface area contributed by atoms with Crippen molar-refractivity contribution in [3.63, 3.8) is 0 Å². The predicted molar refractivity (Wildman–Crippen MR) is 81.1 cm³/mol. The van der Waals surface area contributed by atoms with Crippen LogP contribution < -0.4 is 10.6 Å². The third kappa shape index (κ3) is 5.57. The number of hydrogen-bond acceptors (Lipinski definition) is 5. The van der Waals surface area contributed by atoms with Crippen LogP contribution in [0.2, 0.25) is 0 Å². The lowest BCUT2D eigenvalue weighted by molar-refractivity contribution is 0.0492. The molecule has 2 unspecified atom stereocenters. The molecule has 1 aliphatic rings. The molecule has 1 heterocycles. The molecular weight excluding hydrogens is 268 g/mol. The fourth-order valence-electron chi connectivity index (χ4n) is 2.54. The normalized spacial score (nSPS) is 22.4. The third-order valence-corrected chi connectivity index (χ3v) is 3.33. The van der Waals surface area contributed by atoms with Gasteiger partial charge < -0.3 is 15.4 Å². The second-order valence-electron chi connectivity index (χ2n) is 6.48. The lowest BCUT2D eigenvalue weighted by Crippen LogP contribution is -2.43. The average Bonchev–Trinajstić information content (AvgIpc) is 2.38. The Morgan fingerprint density at radius 3 is 2.57 bits per heavy atom. The molecule has 2 N–H and O–H groups in total. The number of hydrogen-bond donors (Lipinski definition) is 2. The number of amides is 1. The summed E-state index contributed by atoms with van der Waals surface area (Å²) in [6.45, 7) is 5.60. The Hall–Kier alpha value is -1.85. The number of carbonyl (C=O) groups excluding carboxylic acids is 1. The Morgan fingerprint density at radius 2 is 1.90 bits per heavy atom. The molecule has 2 rings (SSSR count). The van der Waals surface area contributed by atoms with E-state index in [9.17, 15) is 4.79 Å². The van der Waals surface area contributed by atoms with Gasteiger partial charge in [0.05, 0.1) is 18.1 Å². The number of ether oxygens (including phenoxy) is 1. The summed E-state index contributed by atoms with van der Waals surface area (Å²) >= 11 is 0. The maximum absolute atomic E-state index is 11.8. The van der Waals surface area contributed by atoms with Crippen molar-refractivity contribution >= 4 is 11.8 Å². The lowest BCUT2D eigenvalue weighted by atomic mass is 9.91. The molecule has 116 valence electrons. The Labute approximate surface area is 125 Å². The summed E-state index contributed by atoms with van der Waals surface area (Å²) in [7, 11) is 0. The summed E-state index contributed by atoms with van der Waals surface area (Å²) in [6, 6.07) is 0.473. The molecule has 2 atom stereocenters. The Morgan fingerprint density at radius 1 is 1.24 bits per heavy atom. The molecule has 1 aromatic heterocycles. The Kier molecular flexibility index (Phi) is 4.98. The number of anilines is 1. The molecule has 0 bridgehead atoms.